The first kappa shape index (κ1) is 17.6. The van der Waals surface area contributed by atoms with Gasteiger partial charge in [0, 0.05) is 42.3 Å². The van der Waals surface area contributed by atoms with E-state index in [0.29, 0.717) is 29.8 Å². The molecule has 6 heteroatoms. The third-order valence-electron chi connectivity index (χ3n) is 4.52. The summed E-state index contributed by atoms with van der Waals surface area (Å²) in [4.78, 5) is 33.4. The zero-order chi connectivity index (χ0) is 19.3. The number of hydrogen-bond acceptors (Lipinski definition) is 4. The van der Waals surface area contributed by atoms with E-state index in [1.165, 1.54) is 4.68 Å². The molecule has 4 aromatic rings. The number of aromatic amines is 1. The Labute approximate surface area is 161 Å². The maximum atomic E-state index is 12.7. The molecule has 28 heavy (non-hydrogen) atoms. The van der Waals surface area contributed by atoms with E-state index in [-0.39, 0.29) is 11.3 Å². The Kier molecular flexibility index (Phi) is 4.93. The molecule has 0 fully saturated rings. The zero-order valence-electron chi connectivity index (χ0n) is 15.1. The van der Waals surface area contributed by atoms with Crippen molar-refractivity contribution < 1.29 is 4.79 Å². The first-order valence-electron chi connectivity index (χ1n) is 8.97. The molecule has 0 bridgehead atoms. The standard InChI is InChI=1S/C22H18N4O2/c27-20(17-5-2-1-3-6-17)9-8-16-10-12-24-21(13-16)26-22(28)19(15-25-26)18-7-4-11-23-14-18/h1-7,10-15,25H,8-9H2. The summed E-state index contributed by atoms with van der Waals surface area (Å²) in [5.74, 6) is 0.583. The summed E-state index contributed by atoms with van der Waals surface area (Å²) in [5, 5.41) is 2.95. The highest BCUT2D eigenvalue weighted by Crippen LogP contribution is 2.15. The van der Waals surface area contributed by atoms with Gasteiger partial charge in [-0.15, -0.1) is 0 Å². The smallest absolute Gasteiger partial charge is 0.280 e. The molecule has 0 saturated carbocycles. The summed E-state index contributed by atoms with van der Waals surface area (Å²) in [5.41, 5.74) is 2.72. The highest BCUT2D eigenvalue weighted by atomic mass is 16.1. The van der Waals surface area contributed by atoms with E-state index >= 15 is 0 Å². The van der Waals surface area contributed by atoms with E-state index in [2.05, 4.69) is 15.1 Å². The molecule has 0 unspecified atom stereocenters. The number of benzene rings is 1. The van der Waals surface area contributed by atoms with Crippen molar-refractivity contribution in [3.8, 4) is 16.9 Å². The number of carbonyl (C=O) groups excluding carboxylic acids is 1. The fourth-order valence-electron chi connectivity index (χ4n) is 3.03. The van der Waals surface area contributed by atoms with Crippen LogP contribution < -0.4 is 5.56 Å². The fourth-order valence-corrected chi connectivity index (χ4v) is 3.03. The number of nitrogens with zero attached hydrogens (tertiary/aromatic N) is 3. The second kappa shape index (κ2) is 7.84. The fraction of sp³-hybridized carbons (Fsp3) is 0.0909. The van der Waals surface area contributed by atoms with Crippen LogP contribution in [0.4, 0.5) is 0 Å². The van der Waals surface area contributed by atoms with Crippen LogP contribution in [0.1, 0.15) is 22.3 Å². The van der Waals surface area contributed by atoms with Crippen molar-refractivity contribution in [1.82, 2.24) is 19.7 Å². The molecule has 1 N–H and O–H groups in total. The summed E-state index contributed by atoms with van der Waals surface area (Å²) in [6, 6.07) is 16.5. The van der Waals surface area contributed by atoms with E-state index in [1.807, 2.05) is 48.5 Å². The van der Waals surface area contributed by atoms with Gasteiger partial charge < -0.3 is 0 Å². The van der Waals surface area contributed by atoms with E-state index < -0.39 is 0 Å². The van der Waals surface area contributed by atoms with Crippen LogP contribution in [0.25, 0.3) is 16.9 Å². The Morgan fingerprint density at radius 2 is 1.89 bits per heavy atom. The van der Waals surface area contributed by atoms with Crippen LogP contribution in [-0.2, 0) is 6.42 Å². The largest absolute Gasteiger partial charge is 0.296 e. The molecule has 0 aliphatic heterocycles. The molecule has 6 nitrogen and oxygen atoms in total. The maximum absolute atomic E-state index is 12.7. The molecule has 0 aliphatic carbocycles. The third kappa shape index (κ3) is 3.66. The monoisotopic (exact) mass is 370 g/mol. The average molecular weight is 370 g/mol. The van der Waals surface area contributed by atoms with Crippen LogP contribution in [0.2, 0.25) is 0 Å². The average Bonchev–Trinajstić information content (AvgIpc) is 3.15. The first-order chi connectivity index (χ1) is 13.7. The topological polar surface area (TPSA) is 80.6 Å². The second-order valence-electron chi connectivity index (χ2n) is 6.38. The van der Waals surface area contributed by atoms with Crippen molar-refractivity contribution in [2.24, 2.45) is 0 Å². The number of aryl methyl sites for hydroxylation is 1. The molecule has 0 spiro atoms. The quantitative estimate of drug-likeness (QED) is 0.527. The van der Waals surface area contributed by atoms with Crippen molar-refractivity contribution in [1.29, 1.82) is 0 Å². The Morgan fingerprint density at radius 1 is 1.04 bits per heavy atom. The SMILES string of the molecule is O=C(CCc1ccnc(-n2[nH]cc(-c3cccnc3)c2=O)c1)c1ccccc1. The van der Waals surface area contributed by atoms with Crippen molar-refractivity contribution in [3.63, 3.8) is 0 Å². The van der Waals surface area contributed by atoms with Crippen molar-refractivity contribution in [2.75, 3.05) is 0 Å². The molecule has 0 atom stereocenters. The molecular weight excluding hydrogens is 352 g/mol. The van der Waals surface area contributed by atoms with Crippen LogP contribution >= 0.6 is 0 Å². The Bertz CT molecular complexity index is 1150. The lowest BCUT2D eigenvalue weighted by atomic mass is 10.0. The third-order valence-corrected chi connectivity index (χ3v) is 4.52. The molecule has 0 radical (unpaired) electrons. The molecule has 1 aromatic carbocycles. The van der Waals surface area contributed by atoms with Gasteiger partial charge in [-0.05, 0) is 30.2 Å². The van der Waals surface area contributed by atoms with Gasteiger partial charge in [0.25, 0.3) is 5.56 Å². The number of ketones is 1. The summed E-state index contributed by atoms with van der Waals surface area (Å²) in [6.45, 7) is 0. The predicted molar refractivity (Wildman–Crippen MR) is 107 cm³/mol. The van der Waals surface area contributed by atoms with Crippen molar-refractivity contribution in [3.05, 3.63) is 101 Å². The second-order valence-corrected chi connectivity index (χ2v) is 6.38. The van der Waals surface area contributed by atoms with Crippen molar-refractivity contribution >= 4 is 5.78 Å². The minimum atomic E-state index is -0.196. The molecule has 3 aromatic heterocycles. The summed E-state index contributed by atoms with van der Waals surface area (Å²) >= 11 is 0. The van der Waals surface area contributed by atoms with Gasteiger partial charge in [-0.1, -0.05) is 36.4 Å². The summed E-state index contributed by atoms with van der Waals surface area (Å²) in [6.07, 6.45) is 7.58. The van der Waals surface area contributed by atoms with Gasteiger partial charge in [0.1, 0.15) is 0 Å². The van der Waals surface area contributed by atoms with Crippen LogP contribution in [0, 0.1) is 0 Å². The zero-order valence-corrected chi connectivity index (χ0v) is 15.1. The number of H-pyrrole nitrogens is 1. The van der Waals surface area contributed by atoms with Crippen LogP contribution in [0.3, 0.4) is 0 Å². The molecule has 0 aliphatic rings. The van der Waals surface area contributed by atoms with Gasteiger partial charge in [0.2, 0.25) is 0 Å². The molecule has 0 saturated heterocycles. The minimum absolute atomic E-state index is 0.0925. The van der Waals surface area contributed by atoms with Gasteiger partial charge in [-0.2, -0.15) is 0 Å². The molecule has 3 heterocycles. The number of rotatable bonds is 6. The van der Waals surface area contributed by atoms with E-state index in [9.17, 15) is 9.59 Å². The lowest BCUT2D eigenvalue weighted by Gasteiger charge is -2.05. The number of hydrogen-bond donors (Lipinski definition) is 1. The molecule has 0 amide bonds. The predicted octanol–water partition coefficient (Wildman–Crippen LogP) is 3.44. The van der Waals surface area contributed by atoms with Gasteiger partial charge >= 0.3 is 0 Å². The van der Waals surface area contributed by atoms with Crippen LogP contribution in [0.5, 0.6) is 0 Å². The molecular formula is C22H18N4O2. The lowest BCUT2D eigenvalue weighted by molar-refractivity contribution is 0.0983. The van der Waals surface area contributed by atoms with E-state index in [4.69, 9.17) is 0 Å². The number of pyridine rings is 2. The Morgan fingerprint density at radius 3 is 2.68 bits per heavy atom. The van der Waals surface area contributed by atoms with Gasteiger partial charge in [0.05, 0.1) is 5.56 Å². The van der Waals surface area contributed by atoms with Crippen LogP contribution in [0.15, 0.2) is 84.2 Å². The van der Waals surface area contributed by atoms with Gasteiger partial charge in [0.15, 0.2) is 11.6 Å². The lowest BCUT2D eigenvalue weighted by Crippen LogP contribution is -2.17. The van der Waals surface area contributed by atoms with Gasteiger partial charge in [-0.25, -0.2) is 9.67 Å². The molecule has 4 rings (SSSR count). The van der Waals surface area contributed by atoms with Crippen molar-refractivity contribution in [2.45, 2.75) is 12.8 Å². The Hall–Kier alpha value is -3.80. The summed E-state index contributed by atoms with van der Waals surface area (Å²) in [7, 11) is 0. The van der Waals surface area contributed by atoms with E-state index in [0.717, 1.165) is 11.1 Å². The van der Waals surface area contributed by atoms with E-state index in [1.54, 1.807) is 30.9 Å². The molecule has 138 valence electrons. The Balaban J connectivity index is 1.54. The summed E-state index contributed by atoms with van der Waals surface area (Å²) < 4.78 is 1.39. The number of carbonyl (C=O) groups is 1. The normalized spacial score (nSPS) is 10.7. The minimum Gasteiger partial charge on any atom is -0.296 e. The highest BCUT2D eigenvalue weighted by molar-refractivity contribution is 5.96. The maximum Gasteiger partial charge on any atom is 0.280 e. The highest BCUT2D eigenvalue weighted by Gasteiger charge is 2.12. The first-order valence-corrected chi connectivity index (χ1v) is 8.97. The number of nitrogens with one attached hydrogen (secondary N) is 1. The van der Waals surface area contributed by atoms with Gasteiger partial charge in [-0.3, -0.25) is 19.7 Å². The van der Waals surface area contributed by atoms with Crippen LogP contribution in [-0.4, -0.2) is 25.5 Å². The number of Topliss-reactive ketones (excluding diaryl/α,β-unsaturated/α-hetero) is 1. The number of aromatic nitrogens is 4.